The molecule has 0 aliphatic carbocycles. The summed E-state index contributed by atoms with van der Waals surface area (Å²) in [6, 6.07) is 7.38. The molecular formula is C19H20F3N3O5S. The lowest BCUT2D eigenvalue weighted by molar-refractivity contribution is -0.137. The van der Waals surface area contributed by atoms with E-state index in [0.29, 0.717) is 0 Å². The third-order valence-electron chi connectivity index (χ3n) is 4.77. The average molecular weight is 459 g/mol. The number of furan rings is 1. The average Bonchev–Trinajstić information content (AvgIpc) is 3.27. The van der Waals surface area contributed by atoms with E-state index in [1.165, 1.54) is 33.7 Å². The highest BCUT2D eigenvalue weighted by Gasteiger charge is 2.35. The molecule has 31 heavy (non-hydrogen) atoms. The molecule has 1 aromatic heterocycles. The summed E-state index contributed by atoms with van der Waals surface area (Å²) >= 11 is 0. The number of benzene rings is 1. The molecule has 0 bridgehead atoms. The van der Waals surface area contributed by atoms with Crippen LogP contribution in [0.15, 0.2) is 47.1 Å². The Bertz CT molecular complexity index is 1030. The summed E-state index contributed by atoms with van der Waals surface area (Å²) < 4.78 is 70.3. The zero-order chi connectivity index (χ0) is 22.6. The number of nitrogens with zero attached hydrogens (tertiary/aromatic N) is 2. The van der Waals surface area contributed by atoms with Crippen LogP contribution in [0.3, 0.4) is 0 Å². The van der Waals surface area contributed by atoms with Crippen molar-refractivity contribution in [1.82, 2.24) is 14.5 Å². The van der Waals surface area contributed by atoms with E-state index >= 15 is 0 Å². The Labute approximate surface area is 176 Å². The molecule has 2 amide bonds. The molecule has 1 aromatic carbocycles. The van der Waals surface area contributed by atoms with E-state index in [4.69, 9.17) is 4.42 Å². The molecule has 1 saturated heterocycles. The molecule has 1 fully saturated rings. The maximum absolute atomic E-state index is 13.0. The van der Waals surface area contributed by atoms with Crippen LogP contribution in [-0.2, 0) is 16.2 Å². The third kappa shape index (κ3) is 5.44. The molecule has 0 saturated carbocycles. The highest BCUT2D eigenvalue weighted by atomic mass is 32.2. The molecule has 2 heterocycles. The van der Waals surface area contributed by atoms with E-state index in [2.05, 4.69) is 5.32 Å². The highest BCUT2D eigenvalue weighted by molar-refractivity contribution is 7.89. The topological polar surface area (TPSA) is 99.9 Å². The van der Waals surface area contributed by atoms with Gasteiger partial charge >= 0.3 is 6.18 Å². The van der Waals surface area contributed by atoms with Crippen LogP contribution in [0, 0.1) is 0 Å². The second kappa shape index (κ2) is 9.10. The summed E-state index contributed by atoms with van der Waals surface area (Å²) in [6.07, 6.45) is -3.33. The summed E-state index contributed by atoms with van der Waals surface area (Å²) in [5.41, 5.74) is -1.66. The first-order valence-corrected chi connectivity index (χ1v) is 11.0. The SMILES string of the molecule is O=C(NCCS(=O)(=O)N1CCN(C(=O)c2ccco2)CC1)c1ccccc1C(F)(F)F. The quantitative estimate of drug-likeness (QED) is 0.711. The molecule has 0 radical (unpaired) electrons. The van der Waals surface area contributed by atoms with Crippen LogP contribution in [0.4, 0.5) is 13.2 Å². The predicted octanol–water partition coefficient (Wildman–Crippen LogP) is 1.82. The number of piperazine rings is 1. The van der Waals surface area contributed by atoms with Gasteiger partial charge in [0.05, 0.1) is 23.1 Å². The van der Waals surface area contributed by atoms with Crippen molar-refractivity contribution in [3.05, 3.63) is 59.5 Å². The molecule has 1 N–H and O–H groups in total. The van der Waals surface area contributed by atoms with Crippen LogP contribution in [0.5, 0.6) is 0 Å². The standard InChI is InChI=1S/C19H20F3N3O5S/c20-19(21,22)15-5-2-1-4-14(15)17(26)23-7-13-31(28,29)25-10-8-24(9-11-25)18(27)16-6-3-12-30-16/h1-6,12H,7-11,13H2,(H,23,26). The minimum absolute atomic E-state index is 0.0691. The molecule has 1 aliphatic heterocycles. The zero-order valence-corrected chi connectivity index (χ0v) is 17.1. The maximum Gasteiger partial charge on any atom is 0.417 e. The van der Waals surface area contributed by atoms with E-state index < -0.39 is 39.0 Å². The maximum atomic E-state index is 13.0. The van der Waals surface area contributed by atoms with Crippen molar-refractivity contribution < 1.29 is 35.6 Å². The Balaban J connectivity index is 1.52. The van der Waals surface area contributed by atoms with E-state index in [0.717, 1.165) is 12.1 Å². The van der Waals surface area contributed by atoms with Gasteiger partial charge in [-0.25, -0.2) is 8.42 Å². The zero-order valence-electron chi connectivity index (χ0n) is 16.3. The lowest BCUT2D eigenvalue weighted by Crippen LogP contribution is -2.51. The first-order valence-electron chi connectivity index (χ1n) is 9.34. The lowest BCUT2D eigenvalue weighted by Gasteiger charge is -2.33. The molecule has 0 atom stereocenters. The minimum Gasteiger partial charge on any atom is -0.459 e. The van der Waals surface area contributed by atoms with Crippen molar-refractivity contribution in [2.24, 2.45) is 0 Å². The Morgan fingerprint density at radius 1 is 1.03 bits per heavy atom. The molecule has 12 heteroatoms. The number of hydrogen-bond donors (Lipinski definition) is 1. The fourth-order valence-corrected chi connectivity index (χ4v) is 4.51. The second-order valence-electron chi connectivity index (χ2n) is 6.78. The summed E-state index contributed by atoms with van der Waals surface area (Å²) in [6.45, 7) is 0.131. The Kier molecular flexibility index (Phi) is 6.70. The number of carbonyl (C=O) groups excluding carboxylic acids is 2. The second-order valence-corrected chi connectivity index (χ2v) is 8.87. The van der Waals surface area contributed by atoms with Crippen LogP contribution in [0.25, 0.3) is 0 Å². The summed E-state index contributed by atoms with van der Waals surface area (Å²) in [4.78, 5) is 25.8. The predicted molar refractivity (Wildman–Crippen MR) is 104 cm³/mol. The van der Waals surface area contributed by atoms with E-state index in [1.54, 1.807) is 6.07 Å². The molecule has 168 valence electrons. The van der Waals surface area contributed by atoms with Crippen molar-refractivity contribution >= 4 is 21.8 Å². The Morgan fingerprint density at radius 3 is 2.32 bits per heavy atom. The van der Waals surface area contributed by atoms with Crippen LogP contribution in [0.2, 0.25) is 0 Å². The van der Waals surface area contributed by atoms with Gasteiger partial charge in [0.25, 0.3) is 11.8 Å². The van der Waals surface area contributed by atoms with E-state index in [-0.39, 0.29) is 44.4 Å². The highest BCUT2D eigenvalue weighted by Crippen LogP contribution is 2.31. The third-order valence-corrected chi connectivity index (χ3v) is 6.65. The first-order chi connectivity index (χ1) is 14.6. The van der Waals surface area contributed by atoms with Crippen LogP contribution >= 0.6 is 0 Å². The van der Waals surface area contributed by atoms with Gasteiger partial charge in [-0.3, -0.25) is 9.59 Å². The van der Waals surface area contributed by atoms with Gasteiger partial charge < -0.3 is 14.6 Å². The number of alkyl halides is 3. The van der Waals surface area contributed by atoms with Gasteiger partial charge in [-0.1, -0.05) is 12.1 Å². The van der Waals surface area contributed by atoms with Crippen LogP contribution < -0.4 is 5.32 Å². The van der Waals surface area contributed by atoms with Gasteiger partial charge in [0.2, 0.25) is 10.0 Å². The van der Waals surface area contributed by atoms with Crippen molar-refractivity contribution in [3.63, 3.8) is 0 Å². The van der Waals surface area contributed by atoms with Gasteiger partial charge in [0.15, 0.2) is 5.76 Å². The van der Waals surface area contributed by atoms with Crippen LogP contribution in [-0.4, -0.2) is 67.9 Å². The normalized spacial score (nSPS) is 15.6. The summed E-state index contributed by atoms with van der Waals surface area (Å²) in [5.74, 6) is -1.65. The molecular weight excluding hydrogens is 439 g/mol. The number of hydrogen-bond acceptors (Lipinski definition) is 5. The Hall–Kier alpha value is -2.86. The minimum atomic E-state index is -4.70. The van der Waals surface area contributed by atoms with E-state index in [1.807, 2.05) is 0 Å². The first kappa shape index (κ1) is 22.8. The van der Waals surface area contributed by atoms with Gasteiger partial charge in [0.1, 0.15) is 0 Å². The molecule has 3 rings (SSSR count). The van der Waals surface area contributed by atoms with Gasteiger partial charge in [-0.05, 0) is 24.3 Å². The van der Waals surface area contributed by atoms with Crippen molar-refractivity contribution in [2.45, 2.75) is 6.18 Å². The largest absolute Gasteiger partial charge is 0.459 e. The molecule has 0 unspecified atom stereocenters. The van der Waals surface area contributed by atoms with Crippen molar-refractivity contribution in [1.29, 1.82) is 0 Å². The number of amides is 2. The molecule has 1 aliphatic rings. The van der Waals surface area contributed by atoms with Gasteiger partial charge in [0, 0.05) is 32.7 Å². The number of carbonyl (C=O) groups is 2. The molecule has 8 nitrogen and oxygen atoms in total. The van der Waals surface area contributed by atoms with Crippen LogP contribution in [0.1, 0.15) is 26.5 Å². The lowest BCUT2D eigenvalue weighted by atomic mass is 10.1. The van der Waals surface area contributed by atoms with Gasteiger partial charge in [-0.2, -0.15) is 17.5 Å². The summed E-state index contributed by atoms with van der Waals surface area (Å²) in [7, 11) is -3.77. The van der Waals surface area contributed by atoms with Gasteiger partial charge in [-0.15, -0.1) is 0 Å². The van der Waals surface area contributed by atoms with Crippen molar-refractivity contribution in [3.8, 4) is 0 Å². The Morgan fingerprint density at radius 2 is 1.71 bits per heavy atom. The molecule has 2 aromatic rings. The van der Waals surface area contributed by atoms with E-state index in [9.17, 15) is 31.2 Å². The number of halogens is 3. The number of nitrogens with one attached hydrogen (secondary N) is 1. The smallest absolute Gasteiger partial charge is 0.417 e. The number of rotatable bonds is 6. The summed E-state index contributed by atoms with van der Waals surface area (Å²) in [5, 5.41) is 2.23. The fraction of sp³-hybridized carbons (Fsp3) is 0.368. The number of sulfonamides is 1. The molecule has 0 spiro atoms. The van der Waals surface area contributed by atoms with Crippen molar-refractivity contribution in [2.75, 3.05) is 38.5 Å². The fourth-order valence-electron chi connectivity index (χ4n) is 3.17. The monoisotopic (exact) mass is 459 g/mol.